The molecule has 3 aromatic rings. The van der Waals surface area contributed by atoms with Crippen LogP contribution in [0.5, 0.6) is 11.5 Å². The smallest absolute Gasteiger partial charge is 0.141 e. The molecule has 0 saturated carbocycles. The molecule has 0 radical (unpaired) electrons. The Morgan fingerprint density at radius 3 is 2.65 bits per heavy atom. The van der Waals surface area contributed by atoms with Crippen LogP contribution in [0, 0.1) is 6.92 Å². The normalized spacial score (nSPS) is 12.6. The van der Waals surface area contributed by atoms with E-state index in [1.807, 2.05) is 50.4 Å². The highest BCUT2D eigenvalue weighted by atomic mass is 16.5. The molecule has 0 amide bonds. The molecule has 0 fully saturated rings. The summed E-state index contributed by atoms with van der Waals surface area (Å²) < 4.78 is 5.96. The number of aryl methyl sites for hydroxylation is 1. The molecule has 2 heterocycles. The van der Waals surface area contributed by atoms with Crippen LogP contribution < -0.4 is 10.5 Å². The van der Waals surface area contributed by atoms with E-state index >= 15 is 0 Å². The van der Waals surface area contributed by atoms with Crippen LogP contribution in [0.4, 0.5) is 0 Å². The van der Waals surface area contributed by atoms with Crippen molar-refractivity contribution in [3.05, 3.63) is 53.9 Å². The summed E-state index contributed by atoms with van der Waals surface area (Å²) >= 11 is 0. The van der Waals surface area contributed by atoms with Crippen LogP contribution in [0.3, 0.4) is 0 Å². The number of ether oxygens (including phenoxy) is 1. The Kier molecular flexibility index (Phi) is 3.16. The first kappa shape index (κ1) is 12.7. The van der Waals surface area contributed by atoms with Crippen molar-refractivity contribution in [2.45, 2.75) is 19.9 Å². The number of nitrogens with two attached hydrogens (primary N) is 1. The highest BCUT2D eigenvalue weighted by molar-refractivity contribution is 5.86. The summed E-state index contributed by atoms with van der Waals surface area (Å²) in [4.78, 5) is 7.42. The number of hydrogen-bond donors (Lipinski definition) is 2. The summed E-state index contributed by atoms with van der Waals surface area (Å²) in [5.41, 5.74) is 8.90. The van der Waals surface area contributed by atoms with Crippen molar-refractivity contribution in [3.8, 4) is 11.5 Å². The maximum Gasteiger partial charge on any atom is 0.141 e. The van der Waals surface area contributed by atoms with Crippen LogP contribution >= 0.6 is 0 Å². The molecule has 0 aliphatic carbocycles. The van der Waals surface area contributed by atoms with E-state index in [9.17, 15) is 0 Å². The van der Waals surface area contributed by atoms with Gasteiger partial charge in [0.05, 0.1) is 5.39 Å². The summed E-state index contributed by atoms with van der Waals surface area (Å²) in [6, 6.07) is 9.76. The molecular weight excluding hydrogens is 250 g/mol. The van der Waals surface area contributed by atoms with Gasteiger partial charge in [-0.3, -0.25) is 0 Å². The van der Waals surface area contributed by atoms with Crippen molar-refractivity contribution in [2.75, 3.05) is 0 Å². The van der Waals surface area contributed by atoms with Gasteiger partial charge >= 0.3 is 0 Å². The second kappa shape index (κ2) is 4.98. The molecule has 3 rings (SSSR count). The number of nitrogens with zero attached hydrogens (tertiary/aromatic N) is 1. The van der Waals surface area contributed by atoms with E-state index < -0.39 is 0 Å². The maximum absolute atomic E-state index is 5.96. The third-order valence-corrected chi connectivity index (χ3v) is 3.37. The van der Waals surface area contributed by atoms with Crippen molar-refractivity contribution in [1.82, 2.24) is 9.97 Å². The minimum atomic E-state index is 0.0311. The molecule has 1 unspecified atom stereocenters. The van der Waals surface area contributed by atoms with Crippen molar-refractivity contribution < 1.29 is 4.74 Å². The van der Waals surface area contributed by atoms with Gasteiger partial charge in [-0.05, 0) is 43.2 Å². The molecule has 0 aliphatic heterocycles. The quantitative estimate of drug-likeness (QED) is 0.760. The van der Waals surface area contributed by atoms with E-state index in [-0.39, 0.29) is 6.04 Å². The fraction of sp³-hybridized carbons (Fsp3) is 0.188. The fourth-order valence-corrected chi connectivity index (χ4v) is 2.23. The molecule has 1 atom stereocenters. The lowest BCUT2D eigenvalue weighted by Gasteiger charge is -2.09. The number of H-pyrrole nitrogens is 1. The second-order valence-corrected chi connectivity index (χ2v) is 4.96. The van der Waals surface area contributed by atoms with Crippen LogP contribution in [-0.4, -0.2) is 9.97 Å². The average molecular weight is 267 g/mol. The van der Waals surface area contributed by atoms with Crippen LogP contribution in [0.25, 0.3) is 11.0 Å². The molecule has 1 aromatic carbocycles. The van der Waals surface area contributed by atoms with Crippen LogP contribution in [-0.2, 0) is 0 Å². The second-order valence-electron chi connectivity index (χ2n) is 4.96. The van der Waals surface area contributed by atoms with Gasteiger partial charge in [-0.2, -0.15) is 0 Å². The van der Waals surface area contributed by atoms with Gasteiger partial charge in [0.1, 0.15) is 17.1 Å². The fourth-order valence-electron chi connectivity index (χ4n) is 2.23. The van der Waals surface area contributed by atoms with E-state index in [0.717, 1.165) is 33.7 Å². The molecule has 4 heteroatoms. The third-order valence-electron chi connectivity index (χ3n) is 3.37. The van der Waals surface area contributed by atoms with Gasteiger partial charge in [-0.1, -0.05) is 12.1 Å². The first-order valence-electron chi connectivity index (χ1n) is 6.61. The maximum atomic E-state index is 5.96. The molecule has 0 bridgehead atoms. The molecular formula is C16H17N3O. The largest absolute Gasteiger partial charge is 0.457 e. The first-order chi connectivity index (χ1) is 9.65. The first-order valence-corrected chi connectivity index (χ1v) is 6.61. The van der Waals surface area contributed by atoms with Gasteiger partial charge in [-0.15, -0.1) is 0 Å². The Labute approximate surface area is 117 Å². The lowest BCUT2D eigenvalue weighted by atomic mass is 10.1. The van der Waals surface area contributed by atoms with E-state index in [2.05, 4.69) is 9.97 Å². The molecule has 3 N–H and O–H groups in total. The van der Waals surface area contributed by atoms with Crippen molar-refractivity contribution in [3.63, 3.8) is 0 Å². The van der Waals surface area contributed by atoms with Crippen LogP contribution in [0.2, 0.25) is 0 Å². The Bertz CT molecular complexity index is 729. The topological polar surface area (TPSA) is 63.9 Å². The highest BCUT2D eigenvalue weighted by Crippen LogP contribution is 2.31. The lowest BCUT2D eigenvalue weighted by Crippen LogP contribution is -2.04. The molecule has 4 nitrogen and oxygen atoms in total. The standard InChI is InChI=1S/C16H17N3O/c1-10-9-19-16-15(10)14(7-8-18-16)20-13-5-3-12(4-6-13)11(2)17/h3-9,11H,17H2,1-2H3,(H,18,19). The number of aromatic nitrogens is 2. The van der Waals surface area contributed by atoms with E-state index in [4.69, 9.17) is 10.5 Å². The van der Waals surface area contributed by atoms with Crippen molar-refractivity contribution >= 4 is 11.0 Å². The number of rotatable bonds is 3. The Morgan fingerprint density at radius 2 is 1.95 bits per heavy atom. The summed E-state index contributed by atoms with van der Waals surface area (Å²) in [7, 11) is 0. The minimum Gasteiger partial charge on any atom is -0.457 e. The van der Waals surface area contributed by atoms with E-state index in [1.165, 1.54) is 0 Å². The zero-order valence-electron chi connectivity index (χ0n) is 11.6. The predicted octanol–water partition coefficient (Wildman–Crippen LogP) is 3.68. The lowest BCUT2D eigenvalue weighted by molar-refractivity contribution is 0.487. The summed E-state index contributed by atoms with van der Waals surface area (Å²) in [6.45, 7) is 4.00. The Balaban J connectivity index is 1.95. The minimum absolute atomic E-state index is 0.0311. The van der Waals surface area contributed by atoms with Gasteiger partial charge in [0.2, 0.25) is 0 Å². The van der Waals surface area contributed by atoms with E-state index in [1.54, 1.807) is 6.20 Å². The summed E-state index contributed by atoms with van der Waals surface area (Å²) in [5, 5.41) is 1.02. The van der Waals surface area contributed by atoms with Crippen LogP contribution in [0.1, 0.15) is 24.1 Å². The third kappa shape index (κ3) is 2.26. The molecule has 2 aromatic heterocycles. The number of fused-ring (bicyclic) bond motifs is 1. The summed E-state index contributed by atoms with van der Waals surface area (Å²) in [6.07, 6.45) is 3.67. The highest BCUT2D eigenvalue weighted by Gasteiger charge is 2.09. The number of pyridine rings is 1. The zero-order valence-corrected chi connectivity index (χ0v) is 11.6. The molecule has 0 spiro atoms. The monoisotopic (exact) mass is 267 g/mol. The number of benzene rings is 1. The number of aromatic amines is 1. The Morgan fingerprint density at radius 1 is 1.20 bits per heavy atom. The van der Waals surface area contributed by atoms with Crippen molar-refractivity contribution in [2.24, 2.45) is 5.73 Å². The Hall–Kier alpha value is -2.33. The van der Waals surface area contributed by atoms with Crippen molar-refractivity contribution in [1.29, 1.82) is 0 Å². The average Bonchev–Trinajstić information content (AvgIpc) is 2.82. The van der Waals surface area contributed by atoms with Gasteiger partial charge in [0, 0.05) is 18.4 Å². The molecule has 102 valence electrons. The van der Waals surface area contributed by atoms with Gasteiger partial charge in [0.15, 0.2) is 0 Å². The molecule has 0 aliphatic rings. The SMILES string of the molecule is Cc1c[nH]c2nccc(Oc3ccc(C(C)N)cc3)c12. The van der Waals surface area contributed by atoms with Gasteiger partial charge in [-0.25, -0.2) is 4.98 Å². The predicted molar refractivity (Wildman–Crippen MR) is 79.9 cm³/mol. The van der Waals surface area contributed by atoms with Gasteiger partial charge < -0.3 is 15.5 Å². The molecule has 0 saturated heterocycles. The zero-order chi connectivity index (χ0) is 14.1. The van der Waals surface area contributed by atoms with Crippen LogP contribution in [0.15, 0.2) is 42.7 Å². The number of nitrogens with one attached hydrogen (secondary N) is 1. The molecule has 20 heavy (non-hydrogen) atoms. The summed E-state index contributed by atoms with van der Waals surface area (Å²) in [5.74, 6) is 1.60. The van der Waals surface area contributed by atoms with Gasteiger partial charge in [0.25, 0.3) is 0 Å². The number of hydrogen-bond acceptors (Lipinski definition) is 3. The van der Waals surface area contributed by atoms with E-state index in [0.29, 0.717) is 0 Å².